The molecule has 0 bridgehead atoms. The number of ketones is 1. The van der Waals surface area contributed by atoms with Crippen LogP contribution in [-0.4, -0.2) is 37.5 Å². The zero-order valence-corrected chi connectivity index (χ0v) is 21.0. The van der Waals surface area contributed by atoms with E-state index in [1.807, 2.05) is 45.0 Å². The van der Waals surface area contributed by atoms with Crippen LogP contribution < -0.4 is 10.1 Å². The highest BCUT2D eigenvalue weighted by Gasteiger charge is 2.47. The third kappa shape index (κ3) is 5.00. The Balaban J connectivity index is 1.77. The second kappa shape index (κ2) is 10.7. The molecule has 3 aliphatic rings. The van der Waals surface area contributed by atoms with Gasteiger partial charge in [0.15, 0.2) is 5.78 Å². The molecular formula is C28H35NO6. The van der Waals surface area contributed by atoms with Crippen LogP contribution >= 0.6 is 0 Å². The van der Waals surface area contributed by atoms with Gasteiger partial charge >= 0.3 is 11.9 Å². The molecule has 0 radical (unpaired) electrons. The molecule has 3 atom stereocenters. The average Bonchev–Trinajstić information content (AvgIpc) is 2.84. The number of Topliss-reactive ketones (excluding diaryl/α,β-unsaturated/α-hetero) is 1. The van der Waals surface area contributed by atoms with Crippen LogP contribution in [0.4, 0.5) is 0 Å². The van der Waals surface area contributed by atoms with E-state index in [1.54, 1.807) is 0 Å². The normalized spacial score (nSPS) is 25.0. The van der Waals surface area contributed by atoms with Crippen molar-refractivity contribution in [3.63, 3.8) is 0 Å². The number of carbonyl (C=O) groups is 3. The van der Waals surface area contributed by atoms with Gasteiger partial charge in [0, 0.05) is 22.9 Å². The molecule has 1 aliphatic heterocycles. The van der Waals surface area contributed by atoms with Gasteiger partial charge in [0.05, 0.1) is 19.3 Å². The lowest BCUT2D eigenvalue weighted by Gasteiger charge is -2.38. The number of rotatable bonds is 6. The number of dihydropyridines is 1. The molecule has 188 valence electrons. The van der Waals surface area contributed by atoms with Crippen LogP contribution in [0.25, 0.3) is 0 Å². The van der Waals surface area contributed by atoms with Crippen molar-refractivity contribution in [2.75, 3.05) is 13.7 Å². The maximum absolute atomic E-state index is 13.8. The predicted octanol–water partition coefficient (Wildman–Crippen LogP) is 4.57. The van der Waals surface area contributed by atoms with E-state index in [2.05, 4.69) is 5.32 Å². The van der Waals surface area contributed by atoms with Gasteiger partial charge in [0.1, 0.15) is 17.8 Å². The smallest absolute Gasteiger partial charge is 0.337 e. The Morgan fingerprint density at radius 2 is 1.77 bits per heavy atom. The first-order chi connectivity index (χ1) is 16.8. The molecule has 0 unspecified atom stereocenters. The topological polar surface area (TPSA) is 90.9 Å². The van der Waals surface area contributed by atoms with Crippen LogP contribution in [-0.2, 0) is 23.9 Å². The molecule has 2 aliphatic carbocycles. The molecule has 1 fully saturated rings. The largest absolute Gasteiger partial charge is 0.494 e. The fourth-order valence-corrected chi connectivity index (χ4v) is 5.61. The number of hydrogen-bond donors (Lipinski definition) is 1. The Bertz CT molecular complexity index is 1050. The van der Waals surface area contributed by atoms with E-state index in [-0.39, 0.29) is 17.8 Å². The standard InChI is InChI=1S/C28H35NO6/c1-5-34-19-13-11-18(12-14-19)24-23(28(32)35-20-9-7-6-8-10-20)17(3)29-21-15-16(2)22(27(31)33-4)26(30)25(21)24/h11-14,16,20,22,24,29H,5-10,15H2,1-4H3/t16-,22+,24+/m0/s1. The van der Waals surface area contributed by atoms with Crippen LogP contribution in [0.15, 0.2) is 46.8 Å². The molecule has 4 rings (SSSR count). The molecule has 1 N–H and O–H groups in total. The number of carbonyl (C=O) groups excluding carboxylic acids is 3. The average molecular weight is 482 g/mol. The SMILES string of the molecule is CCOc1ccc([C@@H]2C(C(=O)OC3CCCCC3)=C(C)NC3=C2C(=O)[C@H](C(=O)OC)[C@@H](C)C3)cc1. The summed E-state index contributed by atoms with van der Waals surface area (Å²) in [5, 5.41) is 3.32. The summed E-state index contributed by atoms with van der Waals surface area (Å²) in [5.41, 5.74) is 3.09. The van der Waals surface area contributed by atoms with Crippen LogP contribution in [0.2, 0.25) is 0 Å². The fourth-order valence-electron chi connectivity index (χ4n) is 5.61. The minimum Gasteiger partial charge on any atom is -0.494 e. The molecule has 0 spiro atoms. The number of nitrogens with one attached hydrogen (secondary N) is 1. The molecule has 0 aromatic heterocycles. The van der Waals surface area contributed by atoms with Crippen LogP contribution in [0.3, 0.4) is 0 Å². The fraction of sp³-hybridized carbons (Fsp3) is 0.536. The van der Waals surface area contributed by atoms with Crippen molar-refractivity contribution < 1.29 is 28.6 Å². The predicted molar refractivity (Wildman–Crippen MR) is 130 cm³/mol. The molecular weight excluding hydrogens is 446 g/mol. The zero-order valence-electron chi connectivity index (χ0n) is 21.0. The van der Waals surface area contributed by atoms with Crippen LogP contribution in [0.5, 0.6) is 5.75 Å². The molecule has 0 saturated heterocycles. The maximum Gasteiger partial charge on any atom is 0.337 e. The van der Waals surface area contributed by atoms with Crippen LogP contribution in [0, 0.1) is 11.8 Å². The summed E-state index contributed by atoms with van der Waals surface area (Å²) in [7, 11) is 1.30. The van der Waals surface area contributed by atoms with E-state index >= 15 is 0 Å². The van der Waals surface area contributed by atoms with E-state index in [0.29, 0.717) is 35.6 Å². The van der Waals surface area contributed by atoms with Crippen molar-refractivity contribution in [1.29, 1.82) is 0 Å². The van der Waals surface area contributed by atoms with Gasteiger partial charge in [-0.3, -0.25) is 9.59 Å². The first-order valence-corrected chi connectivity index (χ1v) is 12.6. The van der Waals surface area contributed by atoms with Gasteiger partial charge < -0.3 is 19.5 Å². The lowest BCUT2D eigenvalue weighted by molar-refractivity contribution is -0.151. The van der Waals surface area contributed by atoms with Gasteiger partial charge in [-0.05, 0) is 69.6 Å². The molecule has 7 heteroatoms. The Hall–Kier alpha value is -3.09. The Labute approximate surface area is 206 Å². The van der Waals surface area contributed by atoms with Crippen molar-refractivity contribution in [1.82, 2.24) is 5.32 Å². The quantitative estimate of drug-likeness (QED) is 0.470. The number of esters is 2. The number of ether oxygens (including phenoxy) is 3. The van der Waals surface area contributed by atoms with E-state index < -0.39 is 23.8 Å². The summed E-state index contributed by atoms with van der Waals surface area (Å²) in [6.45, 7) is 6.18. The summed E-state index contributed by atoms with van der Waals surface area (Å²) < 4.78 is 16.5. The Morgan fingerprint density at radius 1 is 1.09 bits per heavy atom. The lowest BCUT2D eigenvalue weighted by atomic mass is 9.69. The first kappa shape index (κ1) is 25.0. The first-order valence-electron chi connectivity index (χ1n) is 12.6. The summed E-state index contributed by atoms with van der Waals surface area (Å²) in [4.78, 5) is 39.9. The second-order valence-electron chi connectivity index (χ2n) is 9.70. The summed E-state index contributed by atoms with van der Waals surface area (Å²) >= 11 is 0. The van der Waals surface area contributed by atoms with E-state index in [0.717, 1.165) is 43.4 Å². The minimum atomic E-state index is -0.903. The van der Waals surface area contributed by atoms with Crippen LogP contribution in [0.1, 0.15) is 70.8 Å². The van der Waals surface area contributed by atoms with Gasteiger partial charge in [-0.2, -0.15) is 0 Å². The van der Waals surface area contributed by atoms with Gasteiger partial charge in [-0.15, -0.1) is 0 Å². The molecule has 1 saturated carbocycles. The molecule has 35 heavy (non-hydrogen) atoms. The monoisotopic (exact) mass is 481 g/mol. The summed E-state index contributed by atoms with van der Waals surface area (Å²) in [5.74, 6) is -2.30. The van der Waals surface area contributed by atoms with Crippen molar-refractivity contribution in [2.24, 2.45) is 11.8 Å². The Kier molecular flexibility index (Phi) is 7.63. The third-order valence-corrected chi connectivity index (χ3v) is 7.31. The molecule has 0 amide bonds. The third-order valence-electron chi connectivity index (χ3n) is 7.31. The van der Waals surface area contributed by atoms with Crippen molar-refractivity contribution in [3.8, 4) is 5.75 Å². The second-order valence-corrected chi connectivity index (χ2v) is 9.70. The summed E-state index contributed by atoms with van der Waals surface area (Å²) in [6, 6.07) is 7.44. The summed E-state index contributed by atoms with van der Waals surface area (Å²) in [6.07, 6.45) is 5.35. The van der Waals surface area contributed by atoms with E-state index in [1.165, 1.54) is 7.11 Å². The zero-order chi connectivity index (χ0) is 25.1. The van der Waals surface area contributed by atoms with Gasteiger partial charge in [0.25, 0.3) is 0 Å². The van der Waals surface area contributed by atoms with E-state index in [9.17, 15) is 14.4 Å². The maximum atomic E-state index is 13.8. The molecule has 7 nitrogen and oxygen atoms in total. The van der Waals surface area contributed by atoms with E-state index in [4.69, 9.17) is 14.2 Å². The molecule has 1 aromatic rings. The van der Waals surface area contributed by atoms with Crippen molar-refractivity contribution >= 4 is 17.7 Å². The van der Waals surface area contributed by atoms with Crippen molar-refractivity contribution in [3.05, 3.63) is 52.4 Å². The number of allylic oxidation sites excluding steroid dienone is 3. The number of methoxy groups -OCH3 is 1. The minimum absolute atomic E-state index is 0.113. The number of hydrogen-bond acceptors (Lipinski definition) is 7. The van der Waals surface area contributed by atoms with Gasteiger partial charge in [-0.25, -0.2) is 4.79 Å². The van der Waals surface area contributed by atoms with Crippen molar-refractivity contribution in [2.45, 2.75) is 71.3 Å². The van der Waals surface area contributed by atoms with Gasteiger partial charge in [0.2, 0.25) is 0 Å². The Morgan fingerprint density at radius 3 is 2.40 bits per heavy atom. The molecule has 1 heterocycles. The van der Waals surface area contributed by atoms with Gasteiger partial charge in [-0.1, -0.05) is 25.5 Å². The molecule has 1 aromatic carbocycles. The number of benzene rings is 1. The highest BCUT2D eigenvalue weighted by molar-refractivity contribution is 6.12. The highest BCUT2D eigenvalue weighted by atomic mass is 16.5. The lowest BCUT2D eigenvalue weighted by Crippen LogP contribution is -2.43. The highest BCUT2D eigenvalue weighted by Crippen LogP contribution is 2.46.